The Hall–Kier alpha value is -1.49. The first-order valence-electron chi connectivity index (χ1n) is 7.44. The molecule has 0 atom stereocenters. The highest BCUT2D eigenvalue weighted by Gasteiger charge is 2.23. The van der Waals surface area contributed by atoms with Gasteiger partial charge in [-0.2, -0.15) is 0 Å². The molecular weight excluding hydrogens is 330 g/mol. The van der Waals surface area contributed by atoms with E-state index in [2.05, 4.69) is 32.8 Å². The van der Waals surface area contributed by atoms with E-state index >= 15 is 0 Å². The monoisotopic (exact) mass is 347 g/mol. The molecule has 0 radical (unpaired) electrons. The Morgan fingerprint density at radius 3 is 2.86 bits per heavy atom. The van der Waals surface area contributed by atoms with Gasteiger partial charge in [-0.05, 0) is 46.8 Å². The van der Waals surface area contributed by atoms with Crippen molar-refractivity contribution in [3.63, 3.8) is 0 Å². The van der Waals surface area contributed by atoms with E-state index in [0.29, 0.717) is 16.2 Å². The number of hydrogen-bond acceptors (Lipinski definition) is 3. The second-order valence-electron chi connectivity index (χ2n) is 5.46. The number of nitrogens with one attached hydrogen (secondary N) is 1. The number of hydrogen-bond donors (Lipinski definition) is 1. The van der Waals surface area contributed by atoms with E-state index in [4.69, 9.17) is 4.98 Å². The van der Waals surface area contributed by atoms with Gasteiger partial charge in [0.1, 0.15) is 10.2 Å². The van der Waals surface area contributed by atoms with Crippen LogP contribution in [-0.2, 0) is 6.42 Å². The minimum atomic E-state index is -0.116. The summed E-state index contributed by atoms with van der Waals surface area (Å²) < 4.78 is 0.576. The maximum atomic E-state index is 12.2. The van der Waals surface area contributed by atoms with Crippen molar-refractivity contribution in [2.45, 2.75) is 44.9 Å². The summed E-state index contributed by atoms with van der Waals surface area (Å²) in [5, 5.41) is 0. The number of halogens is 1. The molecule has 2 heterocycles. The van der Waals surface area contributed by atoms with Crippen LogP contribution in [0.15, 0.2) is 27.6 Å². The summed E-state index contributed by atoms with van der Waals surface area (Å²) in [6, 6.07) is 3.94. The van der Waals surface area contributed by atoms with Gasteiger partial charge in [-0.1, -0.05) is 25.8 Å². The van der Waals surface area contributed by atoms with Crippen LogP contribution < -0.4 is 5.56 Å². The lowest BCUT2D eigenvalue weighted by atomic mass is 10.0. The van der Waals surface area contributed by atoms with Gasteiger partial charge in [0.15, 0.2) is 5.82 Å². The minimum Gasteiger partial charge on any atom is -0.304 e. The normalized spacial score (nSPS) is 15.5. The maximum Gasteiger partial charge on any atom is 0.265 e. The molecule has 21 heavy (non-hydrogen) atoms. The van der Waals surface area contributed by atoms with Crippen LogP contribution in [0.1, 0.15) is 49.8 Å². The van der Waals surface area contributed by atoms with Crippen molar-refractivity contribution in [1.29, 1.82) is 0 Å². The Morgan fingerprint density at radius 1 is 1.38 bits per heavy atom. The van der Waals surface area contributed by atoms with Crippen LogP contribution in [0, 0.1) is 0 Å². The predicted molar refractivity (Wildman–Crippen MR) is 86.4 cm³/mol. The molecule has 0 spiro atoms. The van der Waals surface area contributed by atoms with Crippen molar-refractivity contribution in [1.82, 2.24) is 15.0 Å². The fraction of sp³-hybridized carbons (Fsp3) is 0.438. The molecule has 1 aliphatic carbocycles. The van der Waals surface area contributed by atoms with Crippen LogP contribution in [0.3, 0.4) is 0 Å². The van der Waals surface area contributed by atoms with Crippen LogP contribution in [-0.4, -0.2) is 15.0 Å². The molecule has 1 fully saturated rings. The number of pyridine rings is 1. The molecular formula is C16H18BrN3O. The van der Waals surface area contributed by atoms with Gasteiger partial charge in [0.25, 0.3) is 5.56 Å². The lowest BCUT2D eigenvalue weighted by Crippen LogP contribution is -2.16. The fourth-order valence-corrected chi connectivity index (χ4v) is 3.51. The molecule has 0 saturated heterocycles. The SMILES string of the molecule is CCc1cccnc1-c1nc(C2CCCC2)c(Br)c(=O)[nH]1. The summed E-state index contributed by atoms with van der Waals surface area (Å²) in [7, 11) is 0. The Kier molecular flexibility index (Phi) is 4.19. The first-order chi connectivity index (χ1) is 10.2. The van der Waals surface area contributed by atoms with Gasteiger partial charge >= 0.3 is 0 Å². The van der Waals surface area contributed by atoms with Crippen molar-refractivity contribution < 1.29 is 0 Å². The van der Waals surface area contributed by atoms with Gasteiger partial charge in [-0.25, -0.2) is 4.98 Å². The largest absolute Gasteiger partial charge is 0.304 e. The van der Waals surface area contributed by atoms with E-state index in [1.807, 2.05) is 12.1 Å². The van der Waals surface area contributed by atoms with Crippen LogP contribution >= 0.6 is 15.9 Å². The molecule has 0 bridgehead atoms. The Morgan fingerprint density at radius 2 is 2.14 bits per heavy atom. The van der Waals surface area contributed by atoms with Crippen molar-refractivity contribution in [3.05, 3.63) is 44.4 Å². The predicted octanol–water partition coefficient (Wildman–Crippen LogP) is 3.81. The average Bonchev–Trinajstić information content (AvgIpc) is 3.04. The number of aromatic amines is 1. The van der Waals surface area contributed by atoms with Crippen LogP contribution in [0.5, 0.6) is 0 Å². The highest BCUT2D eigenvalue weighted by molar-refractivity contribution is 9.10. The molecule has 2 aromatic heterocycles. The van der Waals surface area contributed by atoms with Gasteiger partial charge < -0.3 is 4.98 Å². The Labute approximate surface area is 132 Å². The summed E-state index contributed by atoms with van der Waals surface area (Å²) in [6.45, 7) is 2.08. The van der Waals surface area contributed by atoms with E-state index < -0.39 is 0 Å². The van der Waals surface area contributed by atoms with Crippen LogP contribution in [0.4, 0.5) is 0 Å². The molecule has 1 N–H and O–H groups in total. The highest BCUT2D eigenvalue weighted by Crippen LogP contribution is 2.36. The molecule has 110 valence electrons. The topological polar surface area (TPSA) is 58.6 Å². The summed E-state index contributed by atoms with van der Waals surface area (Å²) in [5.41, 5.74) is 2.65. The molecule has 0 unspecified atom stereocenters. The fourth-order valence-electron chi connectivity index (χ4n) is 3.00. The molecule has 4 nitrogen and oxygen atoms in total. The van der Waals surface area contributed by atoms with Gasteiger partial charge in [-0.3, -0.25) is 9.78 Å². The van der Waals surface area contributed by atoms with E-state index in [-0.39, 0.29) is 5.56 Å². The third-order valence-electron chi connectivity index (χ3n) is 4.13. The summed E-state index contributed by atoms with van der Waals surface area (Å²) in [4.78, 5) is 24.2. The second-order valence-corrected chi connectivity index (χ2v) is 6.25. The molecule has 1 aliphatic rings. The van der Waals surface area contributed by atoms with E-state index in [0.717, 1.165) is 36.2 Å². The zero-order valence-corrected chi connectivity index (χ0v) is 13.6. The van der Waals surface area contributed by atoms with Gasteiger partial charge in [0.2, 0.25) is 0 Å². The second kappa shape index (κ2) is 6.10. The Balaban J connectivity index is 2.13. The third kappa shape index (κ3) is 2.79. The standard InChI is InChI=1S/C16H18BrN3O/c1-2-10-8-5-9-18-14(10)15-19-13(11-6-3-4-7-11)12(17)16(21)20-15/h5,8-9,11H,2-4,6-7H2,1H3,(H,19,20,21). The summed E-state index contributed by atoms with van der Waals surface area (Å²) >= 11 is 3.41. The van der Waals surface area contributed by atoms with Gasteiger partial charge in [0.05, 0.1) is 5.69 Å². The molecule has 0 aromatic carbocycles. The van der Waals surface area contributed by atoms with Crippen molar-refractivity contribution >= 4 is 15.9 Å². The van der Waals surface area contributed by atoms with Crippen LogP contribution in [0.2, 0.25) is 0 Å². The quantitative estimate of drug-likeness (QED) is 0.918. The van der Waals surface area contributed by atoms with Crippen molar-refractivity contribution in [2.75, 3.05) is 0 Å². The number of rotatable bonds is 3. The molecule has 3 rings (SSSR count). The van der Waals surface area contributed by atoms with Gasteiger partial charge in [0, 0.05) is 12.1 Å². The number of H-pyrrole nitrogens is 1. The van der Waals surface area contributed by atoms with Crippen molar-refractivity contribution in [2.24, 2.45) is 0 Å². The molecule has 0 aliphatic heterocycles. The molecule has 5 heteroatoms. The number of nitrogens with zero attached hydrogens (tertiary/aromatic N) is 2. The highest BCUT2D eigenvalue weighted by atomic mass is 79.9. The first-order valence-corrected chi connectivity index (χ1v) is 8.24. The zero-order valence-electron chi connectivity index (χ0n) is 12.0. The van der Waals surface area contributed by atoms with E-state index in [1.165, 1.54) is 12.8 Å². The first kappa shape index (κ1) is 14.4. The lowest BCUT2D eigenvalue weighted by molar-refractivity contribution is 0.687. The molecule has 1 saturated carbocycles. The van der Waals surface area contributed by atoms with E-state index in [9.17, 15) is 4.79 Å². The van der Waals surface area contributed by atoms with Crippen molar-refractivity contribution in [3.8, 4) is 11.5 Å². The lowest BCUT2D eigenvalue weighted by Gasteiger charge is -2.13. The smallest absolute Gasteiger partial charge is 0.265 e. The minimum absolute atomic E-state index is 0.116. The summed E-state index contributed by atoms with van der Waals surface area (Å²) in [6.07, 6.45) is 7.25. The zero-order chi connectivity index (χ0) is 14.8. The average molecular weight is 348 g/mol. The number of aromatic nitrogens is 3. The van der Waals surface area contributed by atoms with Gasteiger partial charge in [-0.15, -0.1) is 0 Å². The number of aryl methyl sites for hydroxylation is 1. The van der Waals surface area contributed by atoms with E-state index in [1.54, 1.807) is 6.20 Å². The maximum absolute atomic E-state index is 12.2. The molecule has 2 aromatic rings. The van der Waals surface area contributed by atoms with Crippen LogP contribution in [0.25, 0.3) is 11.5 Å². The third-order valence-corrected chi connectivity index (χ3v) is 4.89. The molecule has 0 amide bonds. The Bertz CT molecular complexity index is 705. The summed E-state index contributed by atoms with van der Waals surface area (Å²) in [5.74, 6) is 0.969.